The van der Waals surface area contributed by atoms with Crippen molar-refractivity contribution in [3.63, 3.8) is 0 Å². The zero-order chi connectivity index (χ0) is 22.1. The number of hydrogen-bond acceptors (Lipinski definition) is 5. The van der Waals surface area contributed by atoms with Crippen LogP contribution in [0.2, 0.25) is 0 Å². The van der Waals surface area contributed by atoms with E-state index in [1.807, 2.05) is 33.7 Å². The molecule has 0 bridgehead atoms. The van der Waals surface area contributed by atoms with Crippen LogP contribution in [-0.2, 0) is 9.59 Å². The standard InChI is InChI=1S/C23H24N6O3/c30-20(11-10-18-23(32)24-17-8-2-1-7-16(17)22(31)25-18)28-12-5-6-15(14-28)21-27-26-19-9-3-4-13-29(19)21/h1-4,7-9,13,15,18H,5-6,10-12,14H2,(H,24,32)(H,25,31)/t15-,18-/m0/s1. The van der Waals surface area contributed by atoms with Crippen LogP contribution in [0, 0.1) is 0 Å². The number of nitrogens with zero attached hydrogens (tertiary/aromatic N) is 4. The number of rotatable bonds is 4. The number of pyridine rings is 1. The van der Waals surface area contributed by atoms with Crippen molar-refractivity contribution in [3.05, 3.63) is 60.0 Å². The molecule has 164 valence electrons. The molecule has 0 unspecified atom stereocenters. The molecule has 0 radical (unpaired) electrons. The van der Waals surface area contributed by atoms with Crippen molar-refractivity contribution in [3.8, 4) is 0 Å². The minimum Gasteiger partial charge on any atom is -0.342 e. The number of para-hydroxylation sites is 1. The zero-order valence-electron chi connectivity index (χ0n) is 17.5. The second kappa shape index (κ2) is 8.41. The van der Waals surface area contributed by atoms with Crippen LogP contribution in [0.4, 0.5) is 5.69 Å². The molecule has 0 saturated carbocycles. The summed E-state index contributed by atoms with van der Waals surface area (Å²) in [7, 11) is 0. The molecule has 1 fully saturated rings. The van der Waals surface area contributed by atoms with Gasteiger partial charge < -0.3 is 15.5 Å². The first-order valence-corrected chi connectivity index (χ1v) is 10.9. The van der Waals surface area contributed by atoms with E-state index in [-0.39, 0.29) is 36.5 Å². The predicted octanol–water partition coefficient (Wildman–Crippen LogP) is 1.97. The number of anilines is 1. The van der Waals surface area contributed by atoms with Gasteiger partial charge in [0.25, 0.3) is 5.91 Å². The molecule has 4 heterocycles. The summed E-state index contributed by atoms with van der Waals surface area (Å²) < 4.78 is 1.97. The van der Waals surface area contributed by atoms with E-state index in [4.69, 9.17) is 0 Å². The lowest BCUT2D eigenvalue weighted by Gasteiger charge is -2.32. The Balaban J connectivity index is 1.22. The molecule has 1 saturated heterocycles. The number of nitrogens with one attached hydrogen (secondary N) is 2. The average Bonchev–Trinajstić information content (AvgIpc) is 3.21. The van der Waals surface area contributed by atoms with Crippen LogP contribution in [0.25, 0.3) is 5.65 Å². The second-order valence-corrected chi connectivity index (χ2v) is 8.27. The van der Waals surface area contributed by atoms with Gasteiger partial charge in [-0.05, 0) is 43.5 Å². The van der Waals surface area contributed by atoms with Gasteiger partial charge in [0.05, 0.1) is 11.3 Å². The van der Waals surface area contributed by atoms with Crippen LogP contribution in [0.1, 0.15) is 47.8 Å². The number of likely N-dealkylation sites (tertiary alicyclic amines) is 1. The molecule has 0 aliphatic carbocycles. The van der Waals surface area contributed by atoms with Crippen molar-refractivity contribution in [2.24, 2.45) is 0 Å². The Bertz CT molecular complexity index is 1190. The highest BCUT2D eigenvalue weighted by Crippen LogP contribution is 2.27. The van der Waals surface area contributed by atoms with Gasteiger partial charge in [-0.1, -0.05) is 18.2 Å². The molecule has 3 amide bonds. The number of fused-ring (bicyclic) bond motifs is 2. The SMILES string of the molecule is O=C1N[C@@H](CCC(=O)N2CCC[C@H](c3nnc4ccccn34)C2)C(=O)Nc2ccccc21. The molecule has 9 heteroatoms. The molecule has 2 N–H and O–H groups in total. The molecule has 2 aliphatic rings. The number of aromatic nitrogens is 3. The summed E-state index contributed by atoms with van der Waals surface area (Å²) in [6.45, 7) is 1.25. The fourth-order valence-electron chi connectivity index (χ4n) is 4.49. The van der Waals surface area contributed by atoms with Gasteiger partial charge in [0, 0.05) is 31.6 Å². The van der Waals surface area contributed by atoms with Crippen molar-refractivity contribution in [2.45, 2.75) is 37.6 Å². The molecule has 32 heavy (non-hydrogen) atoms. The number of carbonyl (C=O) groups is 3. The first kappa shape index (κ1) is 20.2. The van der Waals surface area contributed by atoms with Crippen LogP contribution < -0.4 is 10.6 Å². The van der Waals surface area contributed by atoms with Gasteiger partial charge in [0.1, 0.15) is 11.9 Å². The summed E-state index contributed by atoms with van der Waals surface area (Å²) in [5, 5.41) is 14.1. The topological polar surface area (TPSA) is 109 Å². The Hall–Kier alpha value is -3.75. The molecular formula is C23H24N6O3. The summed E-state index contributed by atoms with van der Waals surface area (Å²) in [5.41, 5.74) is 1.71. The van der Waals surface area contributed by atoms with Crippen molar-refractivity contribution in [1.82, 2.24) is 24.8 Å². The smallest absolute Gasteiger partial charge is 0.254 e. The van der Waals surface area contributed by atoms with E-state index in [1.54, 1.807) is 24.3 Å². The molecule has 2 aliphatic heterocycles. The molecular weight excluding hydrogens is 408 g/mol. The maximum Gasteiger partial charge on any atom is 0.254 e. The van der Waals surface area contributed by atoms with Crippen LogP contribution >= 0.6 is 0 Å². The molecule has 1 aromatic carbocycles. The lowest BCUT2D eigenvalue weighted by Crippen LogP contribution is -2.43. The third-order valence-electron chi connectivity index (χ3n) is 6.18. The highest BCUT2D eigenvalue weighted by Gasteiger charge is 2.31. The fourth-order valence-corrected chi connectivity index (χ4v) is 4.49. The highest BCUT2D eigenvalue weighted by atomic mass is 16.2. The first-order chi connectivity index (χ1) is 15.6. The Morgan fingerprint density at radius 2 is 1.94 bits per heavy atom. The number of amides is 3. The Kier molecular flexibility index (Phi) is 5.30. The summed E-state index contributed by atoms with van der Waals surface area (Å²) >= 11 is 0. The largest absolute Gasteiger partial charge is 0.342 e. The van der Waals surface area contributed by atoms with Crippen LogP contribution in [0.15, 0.2) is 48.7 Å². The normalized spacial score (nSPS) is 20.9. The van der Waals surface area contributed by atoms with Gasteiger partial charge in [-0.3, -0.25) is 18.8 Å². The summed E-state index contributed by atoms with van der Waals surface area (Å²) in [4.78, 5) is 39.8. The molecule has 2 aromatic heterocycles. The van der Waals surface area contributed by atoms with E-state index in [0.717, 1.165) is 24.3 Å². The van der Waals surface area contributed by atoms with Gasteiger partial charge >= 0.3 is 0 Å². The van der Waals surface area contributed by atoms with Crippen LogP contribution in [0.3, 0.4) is 0 Å². The fraction of sp³-hybridized carbons (Fsp3) is 0.348. The lowest BCUT2D eigenvalue weighted by atomic mass is 9.96. The highest BCUT2D eigenvalue weighted by molar-refractivity contribution is 6.09. The number of benzene rings is 1. The van der Waals surface area contributed by atoms with Gasteiger partial charge in [-0.2, -0.15) is 0 Å². The third-order valence-corrected chi connectivity index (χ3v) is 6.18. The van der Waals surface area contributed by atoms with Gasteiger partial charge in [0.15, 0.2) is 5.65 Å². The van der Waals surface area contributed by atoms with Gasteiger partial charge in [0.2, 0.25) is 11.8 Å². The summed E-state index contributed by atoms with van der Waals surface area (Å²) in [5.74, 6) is 0.342. The molecule has 9 nitrogen and oxygen atoms in total. The minimum atomic E-state index is -0.750. The van der Waals surface area contributed by atoms with E-state index in [9.17, 15) is 14.4 Å². The lowest BCUT2D eigenvalue weighted by molar-refractivity contribution is -0.132. The van der Waals surface area contributed by atoms with Crippen molar-refractivity contribution < 1.29 is 14.4 Å². The predicted molar refractivity (Wildman–Crippen MR) is 117 cm³/mol. The summed E-state index contributed by atoms with van der Waals surface area (Å²) in [6.07, 6.45) is 4.20. The van der Waals surface area contributed by atoms with E-state index in [2.05, 4.69) is 20.8 Å². The molecule has 2 atom stereocenters. The number of carbonyl (C=O) groups excluding carboxylic acids is 3. The minimum absolute atomic E-state index is 0.0210. The second-order valence-electron chi connectivity index (χ2n) is 8.27. The third kappa shape index (κ3) is 3.81. The van der Waals surface area contributed by atoms with Gasteiger partial charge in [-0.25, -0.2) is 0 Å². The first-order valence-electron chi connectivity index (χ1n) is 10.9. The average molecular weight is 432 g/mol. The molecule has 3 aromatic rings. The maximum atomic E-state index is 13.0. The molecule has 0 spiro atoms. The zero-order valence-corrected chi connectivity index (χ0v) is 17.5. The van der Waals surface area contributed by atoms with Gasteiger partial charge in [-0.15, -0.1) is 10.2 Å². The summed E-state index contributed by atoms with van der Waals surface area (Å²) in [6, 6.07) is 11.9. The Morgan fingerprint density at radius 1 is 1.09 bits per heavy atom. The monoisotopic (exact) mass is 432 g/mol. The van der Waals surface area contributed by atoms with E-state index < -0.39 is 6.04 Å². The van der Waals surface area contributed by atoms with E-state index in [1.165, 1.54) is 0 Å². The molecule has 5 rings (SSSR count). The number of hydrogen-bond donors (Lipinski definition) is 2. The van der Waals surface area contributed by atoms with E-state index in [0.29, 0.717) is 24.3 Å². The van der Waals surface area contributed by atoms with Crippen molar-refractivity contribution in [1.29, 1.82) is 0 Å². The quantitative estimate of drug-likeness (QED) is 0.655. The van der Waals surface area contributed by atoms with E-state index >= 15 is 0 Å². The number of piperidine rings is 1. The van der Waals surface area contributed by atoms with Crippen LogP contribution in [-0.4, -0.2) is 56.4 Å². The van der Waals surface area contributed by atoms with Crippen molar-refractivity contribution in [2.75, 3.05) is 18.4 Å². The maximum absolute atomic E-state index is 13.0. The Labute approximate surface area is 184 Å². The van der Waals surface area contributed by atoms with Crippen molar-refractivity contribution >= 4 is 29.1 Å². The van der Waals surface area contributed by atoms with Crippen LogP contribution in [0.5, 0.6) is 0 Å². The Morgan fingerprint density at radius 3 is 2.84 bits per heavy atom.